The molecule has 2 rings (SSSR count). The number of hydrogen-bond acceptors (Lipinski definition) is 2. The van der Waals surface area contributed by atoms with Gasteiger partial charge < -0.3 is 10.1 Å². The molecule has 5 heteroatoms. The summed E-state index contributed by atoms with van der Waals surface area (Å²) in [6.07, 6.45) is 1.20. The van der Waals surface area contributed by atoms with Crippen molar-refractivity contribution in [3.8, 4) is 0 Å². The Kier molecular flexibility index (Phi) is 2.85. The standard InChI is InChI=1S/C11H11FN2O2/c12-7-4-5-8-9(6-7)14-10(13-8)2-1-3-11(15)16/h4-6H,1-3H2,(H,13,14)(H,15,16). The number of carbonyl (C=O) groups is 1. The van der Waals surface area contributed by atoms with Crippen molar-refractivity contribution < 1.29 is 14.3 Å². The Hall–Kier alpha value is -1.91. The second-order valence-corrected chi connectivity index (χ2v) is 3.59. The Morgan fingerprint density at radius 1 is 1.50 bits per heavy atom. The van der Waals surface area contributed by atoms with Crippen LogP contribution in [0.1, 0.15) is 18.7 Å². The van der Waals surface area contributed by atoms with Crippen molar-refractivity contribution >= 4 is 17.0 Å². The predicted molar refractivity (Wildman–Crippen MR) is 56.6 cm³/mol. The summed E-state index contributed by atoms with van der Waals surface area (Å²) in [4.78, 5) is 17.5. The summed E-state index contributed by atoms with van der Waals surface area (Å²) in [6, 6.07) is 4.33. The first-order valence-electron chi connectivity index (χ1n) is 5.01. The Labute approximate surface area is 91.1 Å². The SMILES string of the molecule is O=C(O)CCCc1nc2ccc(F)cc2[nH]1. The van der Waals surface area contributed by atoms with Crippen LogP contribution >= 0.6 is 0 Å². The largest absolute Gasteiger partial charge is 0.481 e. The Morgan fingerprint density at radius 2 is 2.31 bits per heavy atom. The number of benzene rings is 1. The van der Waals surface area contributed by atoms with Gasteiger partial charge in [0.2, 0.25) is 0 Å². The summed E-state index contributed by atoms with van der Waals surface area (Å²) in [5.41, 5.74) is 1.34. The Balaban J connectivity index is 2.10. The van der Waals surface area contributed by atoms with E-state index in [0.29, 0.717) is 29.7 Å². The van der Waals surface area contributed by atoms with E-state index in [4.69, 9.17) is 5.11 Å². The quantitative estimate of drug-likeness (QED) is 0.832. The maximum Gasteiger partial charge on any atom is 0.303 e. The molecule has 0 fully saturated rings. The molecule has 1 aromatic carbocycles. The molecule has 0 spiro atoms. The number of nitrogens with one attached hydrogen (secondary N) is 1. The number of hydrogen-bond donors (Lipinski definition) is 2. The van der Waals surface area contributed by atoms with Crippen molar-refractivity contribution in [1.82, 2.24) is 9.97 Å². The molecule has 0 aliphatic rings. The lowest BCUT2D eigenvalue weighted by molar-refractivity contribution is -0.137. The fourth-order valence-corrected chi connectivity index (χ4v) is 1.56. The van der Waals surface area contributed by atoms with Gasteiger partial charge in [0.15, 0.2) is 0 Å². The molecule has 84 valence electrons. The molecule has 2 N–H and O–H groups in total. The number of imidazole rings is 1. The average Bonchev–Trinajstić information content (AvgIpc) is 2.58. The molecule has 1 aromatic heterocycles. The Morgan fingerprint density at radius 3 is 3.06 bits per heavy atom. The van der Waals surface area contributed by atoms with Crippen LogP contribution in [0.15, 0.2) is 18.2 Å². The fourth-order valence-electron chi connectivity index (χ4n) is 1.56. The van der Waals surface area contributed by atoms with Crippen molar-refractivity contribution in [3.63, 3.8) is 0 Å². The zero-order valence-corrected chi connectivity index (χ0v) is 8.53. The van der Waals surface area contributed by atoms with Crippen LogP contribution in [0.25, 0.3) is 11.0 Å². The van der Waals surface area contributed by atoms with E-state index in [1.54, 1.807) is 6.07 Å². The van der Waals surface area contributed by atoms with Gasteiger partial charge in [-0.05, 0) is 24.6 Å². The van der Waals surface area contributed by atoms with Crippen LogP contribution in [0.3, 0.4) is 0 Å². The molecule has 0 saturated carbocycles. The second-order valence-electron chi connectivity index (χ2n) is 3.59. The minimum Gasteiger partial charge on any atom is -0.481 e. The van der Waals surface area contributed by atoms with Gasteiger partial charge in [-0.25, -0.2) is 9.37 Å². The summed E-state index contributed by atoms with van der Waals surface area (Å²) >= 11 is 0. The molecule has 0 saturated heterocycles. The summed E-state index contributed by atoms with van der Waals surface area (Å²) in [5.74, 6) is -0.433. The highest BCUT2D eigenvalue weighted by Gasteiger charge is 2.04. The molecular formula is C11H11FN2O2. The first kappa shape index (κ1) is 10.6. The lowest BCUT2D eigenvalue weighted by atomic mass is 10.2. The number of aliphatic carboxylic acids is 1. The number of carboxylic acids is 1. The van der Waals surface area contributed by atoms with Crippen LogP contribution in [0, 0.1) is 5.82 Å². The smallest absolute Gasteiger partial charge is 0.303 e. The number of fused-ring (bicyclic) bond motifs is 1. The number of aromatic amines is 1. The molecule has 16 heavy (non-hydrogen) atoms. The summed E-state index contributed by atoms with van der Waals surface area (Å²) in [5, 5.41) is 8.49. The molecule has 0 amide bonds. The van der Waals surface area contributed by atoms with E-state index in [1.165, 1.54) is 12.1 Å². The van der Waals surface area contributed by atoms with Crippen LogP contribution in [0.5, 0.6) is 0 Å². The van der Waals surface area contributed by atoms with Crippen molar-refractivity contribution in [2.45, 2.75) is 19.3 Å². The van der Waals surface area contributed by atoms with E-state index in [2.05, 4.69) is 9.97 Å². The van der Waals surface area contributed by atoms with Gasteiger partial charge in [-0.15, -0.1) is 0 Å². The van der Waals surface area contributed by atoms with Gasteiger partial charge in [0.25, 0.3) is 0 Å². The normalized spacial score (nSPS) is 10.8. The van der Waals surface area contributed by atoms with E-state index in [9.17, 15) is 9.18 Å². The zero-order chi connectivity index (χ0) is 11.5. The van der Waals surface area contributed by atoms with Crippen LogP contribution in [-0.2, 0) is 11.2 Å². The number of halogens is 1. The van der Waals surface area contributed by atoms with Crippen LogP contribution < -0.4 is 0 Å². The highest BCUT2D eigenvalue weighted by atomic mass is 19.1. The van der Waals surface area contributed by atoms with Gasteiger partial charge in [-0.1, -0.05) is 0 Å². The van der Waals surface area contributed by atoms with Gasteiger partial charge >= 0.3 is 5.97 Å². The summed E-state index contributed by atoms with van der Waals surface area (Å²) in [7, 11) is 0. The predicted octanol–water partition coefficient (Wildman–Crippen LogP) is 2.11. The van der Waals surface area contributed by atoms with Crippen molar-refractivity contribution in [3.05, 3.63) is 29.8 Å². The van der Waals surface area contributed by atoms with Gasteiger partial charge in [0, 0.05) is 12.8 Å². The zero-order valence-electron chi connectivity index (χ0n) is 8.53. The third kappa shape index (κ3) is 2.36. The third-order valence-corrected chi connectivity index (χ3v) is 2.30. The number of carboxylic acid groups (broad SMARTS) is 1. The highest BCUT2D eigenvalue weighted by Crippen LogP contribution is 2.13. The topological polar surface area (TPSA) is 66.0 Å². The molecule has 0 bridgehead atoms. The summed E-state index contributed by atoms with van der Waals surface area (Å²) < 4.78 is 12.9. The lowest BCUT2D eigenvalue weighted by Crippen LogP contribution is -1.96. The van der Waals surface area contributed by atoms with Gasteiger partial charge in [0.1, 0.15) is 11.6 Å². The molecule has 2 aromatic rings. The van der Waals surface area contributed by atoms with Gasteiger partial charge in [-0.3, -0.25) is 4.79 Å². The average molecular weight is 222 g/mol. The minimum absolute atomic E-state index is 0.116. The first-order valence-corrected chi connectivity index (χ1v) is 5.01. The van der Waals surface area contributed by atoms with E-state index in [1.807, 2.05) is 0 Å². The lowest BCUT2D eigenvalue weighted by Gasteiger charge is -1.92. The molecule has 0 unspecified atom stereocenters. The Bertz CT molecular complexity index is 522. The van der Waals surface area contributed by atoms with E-state index in [0.717, 1.165) is 0 Å². The molecule has 0 aliphatic carbocycles. The molecule has 0 atom stereocenters. The third-order valence-electron chi connectivity index (χ3n) is 2.30. The molecule has 1 heterocycles. The maximum absolute atomic E-state index is 12.9. The molecule has 4 nitrogen and oxygen atoms in total. The highest BCUT2D eigenvalue weighted by molar-refractivity contribution is 5.74. The van der Waals surface area contributed by atoms with Crippen molar-refractivity contribution in [1.29, 1.82) is 0 Å². The van der Waals surface area contributed by atoms with E-state index < -0.39 is 5.97 Å². The monoisotopic (exact) mass is 222 g/mol. The van der Waals surface area contributed by atoms with Crippen molar-refractivity contribution in [2.75, 3.05) is 0 Å². The number of nitrogens with zero attached hydrogens (tertiary/aromatic N) is 1. The molecular weight excluding hydrogens is 211 g/mol. The van der Waals surface area contributed by atoms with Gasteiger partial charge in [0.05, 0.1) is 11.0 Å². The maximum atomic E-state index is 12.9. The second kappa shape index (κ2) is 4.30. The van der Waals surface area contributed by atoms with Gasteiger partial charge in [-0.2, -0.15) is 0 Å². The molecule has 0 aliphatic heterocycles. The number of aromatic nitrogens is 2. The fraction of sp³-hybridized carbons (Fsp3) is 0.273. The van der Waals surface area contributed by atoms with Crippen LogP contribution in [-0.4, -0.2) is 21.0 Å². The number of H-pyrrole nitrogens is 1. The number of aryl methyl sites for hydroxylation is 1. The van der Waals surface area contributed by atoms with E-state index >= 15 is 0 Å². The molecule has 0 radical (unpaired) electrons. The van der Waals surface area contributed by atoms with Crippen LogP contribution in [0.4, 0.5) is 4.39 Å². The number of rotatable bonds is 4. The van der Waals surface area contributed by atoms with Crippen LogP contribution in [0.2, 0.25) is 0 Å². The minimum atomic E-state index is -0.817. The van der Waals surface area contributed by atoms with Crippen molar-refractivity contribution in [2.24, 2.45) is 0 Å². The first-order chi connectivity index (χ1) is 7.65. The van der Waals surface area contributed by atoms with E-state index in [-0.39, 0.29) is 12.2 Å². The summed E-state index contributed by atoms with van der Waals surface area (Å²) in [6.45, 7) is 0.